The van der Waals surface area contributed by atoms with E-state index in [0.717, 1.165) is 0 Å². The molecule has 18 heavy (non-hydrogen) atoms. The van der Waals surface area contributed by atoms with E-state index in [4.69, 9.17) is 9.47 Å². The van der Waals surface area contributed by atoms with Crippen molar-refractivity contribution in [2.45, 2.75) is 32.2 Å². The molecule has 1 saturated heterocycles. The molecule has 6 heteroatoms. The van der Waals surface area contributed by atoms with Crippen LogP contribution in [0.5, 0.6) is 0 Å². The zero-order chi connectivity index (χ0) is 13.8. The summed E-state index contributed by atoms with van der Waals surface area (Å²) in [6.07, 6.45) is 1.01. The number of methoxy groups -OCH3 is 2. The normalized spacial score (nSPS) is 22.7. The Bertz CT molecular complexity index is 358. The molecular weight excluding hydrogens is 240 g/mol. The second-order valence-corrected chi connectivity index (χ2v) is 4.30. The summed E-state index contributed by atoms with van der Waals surface area (Å²) >= 11 is 0. The van der Waals surface area contributed by atoms with Crippen molar-refractivity contribution >= 4 is 11.9 Å². The van der Waals surface area contributed by atoms with Gasteiger partial charge in [0.25, 0.3) is 0 Å². The molecule has 0 aromatic heterocycles. The summed E-state index contributed by atoms with van der Waals surface area (Å²) < 4.78 is 20.0. The third-order valence-corrected chi connectivity index (χ3v) is 2.43. The van der Waals surface area contributed by atoms with Gasteiger partial charge in [-0.25, -0.2) is 4.79 Å². The molecule has 0 aromatic rings. The highest BCUT2D eigenvalue weighted by Crippen LogP contribution is 2.24. The van der Waals surface area contributed by atoms with Gasteiger partial charge in [-0.3, -0.25) is 4.79 Å². The SMILES string of the molecule is COC(=O)C/C(=C\[C@H]1COC(C)(C)O1)C(=O)OC. The second kappa shape index (κ2) is 5.97. The van der Waals surface area contributed by atoms with Crippen LogP contribution in [0.15, 0.2) is 11.6 Å². The van der Waals surface area contributed by atoms with Crippen LogP contribution in [0.25, 0.3) is 0 Å². The van der Waals surface area contributed by atoms with Gasteiger partial charge in [-0.2, -0.15) is 0 Å². The van der Waals surface area contributed by atoms with Crippen LogP contribution in [0.4, 0.5) is 0 Å². The molecule has 1 rings (SSSR count). The van der Waals surface area contributed by atoms with E-state index in [0.29, 0.717) is 6.61 Å². The molecule has 0 bridgehead atoms. The number of hydrogen-bond acceptors (Lipinski definition) is 6. The van der Waals surface area contributed by atoms with Crippen LogP contribution < -0.4 is 0 Å². The molecule has 0 saturated carbocycles. The first-order valence-corrected chi connectivity index (χ1v) is 5.55. The van der Waals surface area contributed by atoms with Crippen molar-refractivity contribution in [1.82, 2.24) is 0 Å². The van der Waals surface area contributed by atoms with Gasteiger partial charge >= 0.3 is 11.9 Å². The molecule has 0 unspecified atom stereocenters. The van der Waals surface area contributed by atoms with Gasteiger partial charge in [-0.05, 0) is 19.9 Å². The molecule has 0 N–H and O–H groups in total. The van der Waals surface area contributed by atoms with E-state index in [1.54, 1.807) is 13.8 Å². The number of carbonyl (C=O) groups is 2. The maximum absolute atomic E-state index is 11.5. The Kier molecular flexibility index (Phi) is 4.86. The van der Waals surface area contributed by atoms with Gasteiger partial charge < -0.3 is 18.9 Å². The minimum Gasteiger partial charge on any atom is -0.469 e. The second-order valence-electron chi connectivity index (χ2n) is 4.30. The molecule has 1 heterocycles. The molecule has 1 fully saturated rings. The van der Waals surface area contributed by atoms with Crippen LogP contribution in [-0.2, 0) is 28.5 Å². The molecule has 1 atom stereocenters. The lowest BCUT2D eigenvalue weighted by Gasteiger charge is -2.16. The monoisotopic (exact) mass is 258 g/mol. The first-order chi connectivity index (χ1) is 8.38. The van der Waals surface area contributed by atoms with E-state index >= 15 is 0 Å². The Hall–Kier alpha value is -1.40. The molecule has 0 aromatic carbocycles. The number of esters is 2. The molecule has 0 aliphatic carbocycles. The van der Waals surface area contributed by atoms with Gasteiger partial charge in [-0.15, -0.1) is 0 Å². The van der Waals surface area contributed by atoms with Crippen LogP contribution >= 0.6 is 0 Å². The summed E-state index contributed by atoms with van der Waals surface area (Å²) in [5.74, 6) is -1.77. The maximum atomic E-state index is 11.5. The Balaban J connectivity index is 2.76. The van der Waals surface area contributed by atoms with Crippen molar-refractivity contribution in [2.24, 2.45) is 0 Å². The number of rotatable bonds is 4. The van der Waals surface area contributed by atoms with E-state index in [9.17, 15) is 9.59 Å². The van der Waals surface area contributed by atoms with Crippen LogP contribution in [0.1, 0.15) is 20.3 Å². The number of carbonyl (C=O) groups excluding carboxylic acids is 2. The van der Waals surface area contributed by atoms with Crippen molar-refractivity contribution in [2.75, 3.05) is 20.8 Å². The molecule has 1 aliphatic rings. The third-order valence-electron chi connectivity index (χ3n) is 2.43. The lowest BCUT2D eigenvalue weighted by molar-refractivity contribution is -0.143. The van der Waals surface area contributed by atoms with Crippen LogP contribution in [0, 0.1) is 0 Å². The summed E-state index contributed by atoms with van der Waals surface area (Å²) in [6, 6.07) is 0. The number of ether oxygens (including phenoxy) is 4. The highest BCUT2D eigenvalue weighted by atomic mass is 16.7. The fourth-order valence-electron chi connectivity index (χ4n) is 1.58. The summed E-state index contributed by atoms with van der Waals surface area (Å²) in [5, 5.41) is 0. The Labute approximate surface area is 106 Å². The van der Waals surface area contributed by atoms with Crippen LogP contribution in [-0.4, -0.2) is 44.7 Å². The van der Waals surface area contributed by atoms with E-state index in [2.05, 4.69) is 9.47 Å². The fourth-order valence-corrected chi connectivity index (χ4v) is 1.58. The average molecular weight is 258 g/mol. The maximum Gasteiger partial charge on any atom is 0.334 e. The van der Waals surface area contributed by atoms with Crippen LogP contribution in [0.2, 0.25) is 0 Å². The number of hydrogen-bond donors (Lipinski definition) is 0. The molecule has 1 aliphatic heterocycles. The summed E-state index contributed by atoms with van der Waals surface area (Å²) in [7, 11) is 2.51. The molecule has 0 amide bonds. The fraction of sp³-hybridized carbons (Fsp3) is 0.667. The largest absolute Gasteiger partial charge is 0.469 e. The highest BCUT2D eigenvalue weighted by Gasteiger charge is 2.32. The first-order valence-electron chi connectivity index (χ1n) is 5.55. The van der Waals surface area contributed by atoms with Crippen molar-refractivity contribution in [3.05, 3.63) is 11.6 Å². The lowest BCUT2D eigenvalue weighted by atomic mass is 10.1. The van der Waals surface area contributed by atoms with Gasteiger partial charge in [0.15, 0.2) is 5.79 Å². The van der Waals surface area contributed by atoms with Gasteiger partial charge in [0.1, 0.15) is 6.10 Å². The summed E-state index contributed by atoms with van der Waals surface area (Å²) in [5.41, 5.74) is 0.204. The standard InChI is InChI=1S/C12H18O6/c1-12(2)17-7-9(18-12)5-8(11(14)16-4)6-10(13)15-3/h5,9H,6-7H2,1-4H3/b8-5+/t9-/m0/s1. The molecule has 0 radical (unpaired) electrons. The van der Waals surface area contributed by atoms with E-state index in [1.165, 1.54) is 20.3 Å². The molecule has 6 nitrogen and oxygen atoms in total. The smallest absolute Gasteiger partial charge is 0.334 e. The van der Waals surface area contributed by atoms with Gasteiger partial charge in [-0.1, -0.05) is 0 Å². The van der Waals surface area contributed by atoms with Gasteiger partial charge in [0.05, 0.1) is 27.2 Å². The van der Waals surface area contributed by atoms with E-state index in [1.807, 2.05) is 0 Å². The van der Waals surface area contributed by atoms with Crippen molar-refractivity contribution in [1.29, 1.82) is 0 Å². The predicted octanol–water partition coefficient (Wildman–Crippen LogP) is 0.800. The van der Waals surface area contributed by atoms with Gasteiger partial charge in [0.2, 0.25) is 0 Å². The topological polar surface area (TPSA) is 71.1 Å². The summed E-state index contributed by atoms with van der Waals surface area (Å²) in [4.78, 5) is 22.7. The van der Waals surface area contributed by atoms with Crippen LogP contribution in [0.3, 0.4) is 0 Å². The molecular formula is C12H18O6. The Morgan fingerprint density at radius 3 is 2.44 bits per heavy atom. The highest BCUT2D eigenvalue weighted by molar-refractivity contribution is 5.93. The zero-order valence-electron chi connectivity index (χ0n) is 11.0. The van der Waals surface area contributed by atoms with Crippen molar-refractivity contribution in [3.8, 4) is 0 Å². The van der Waals surface area contributed by atoms with Crippen molar-refractivity contribution in [3.63, 3.8) is 0 Å². The minimum atomic E-state index is -0.687. The quantitative estimate of drug-likeness (QED) is 0.548. The third kappa shape index (κ3) is 4.12. The Morgan fingerprint density at radius 2 is 2.00 bits per heavy atom. The lowest BCUT2D eigenvalue weighted by Crippen LogP contribution is -2.21. The first kappa shape index (κ1) is 14.7. The minimum absolute atomic E-state index is 0.149. The predicted molar refractivity (Wildman–Crippen MR) is 61.6 cm³/mol. The zero-order valence-corrected chi connectivity index (χ0v) is 11.0. The molecule has 0 spiro atoms. The van der Waals surface area contributed by atoms with Crippen molar-refractivity contribution < 1.29 is 28.5 Å². The molecule has 102 valence electrons. The van der Waals surface area contributed by atoms with E-state index < -0.39 is 17.7 Å². The van der Waals surface area contributed by atoms with Gasteiger partial charge in [0, 0.05) is 5.57 Å². The average Bonchev–Trinajstić information content (AvgIpc) is 2.66. The van der Waals surface area contributed by atoms with E-state index in [-0.39, 0.29) is 18.1 Å². The Morgan fingerprint density at radius 1 is 1.33 bits per heavy atom. The summed E-state index contributed by atoms with van der Waals surface area (Å²) in [6.45, 7) is 3.88.